The Kier molecular flexibility index (Phi) is 4.06. The van der Waals surface area contributed by atoms with Gasteiger partial charge in [0.05, 0.1) is 13.7 Å². The molecule has 0 bridgehead atoms. The van der Waals surface area contributed by atoms with Crippen molar-refractivity contribution in [3.8, 4) is 11.4 Å². The number of hydrogen-bond acceptors (Lipinski definition) is 4. The molecule has 3 amide bonds. The molecule has 1 atom stereocenters. The van der Waals surface area contributed by atoms with Crippen molar-refractivity contribution < 1.29 is 18.9 Å². The molecule has 8 nitrogen and oxygen atoms in total. The van der Waals surface area contributed by atoms with E-state index in [4.69, 9.17) is 4.74 Å². The Labute approximate surface area is 163 Å². The Bertz CT molecular complexity index is 1050. The first-order valence-corrected chi connectivity index (χ1v) is 8.93. The van der Waals surface area contributed by atoms with Crippen molar-refractivity contribution in [1.82, 2.24) is 14.4 Å². The number of fused-ring (bicyclic) bond motifs is 3. The number of carbonyl (C=O) groups is 2. The molecule has 0 spiro atoms. The van der Waals surface area contributed by atoms with Crippen LogP contribution in [0.4, 0.5) is 10.7 Å². The van der Waals surface area contributed by atoms with Crippen LogP contribution >= 0.6 is 0 Å². The average Bonchev–Trinajstić information content (AvgIpc) is 3.17. The van der Waals surface area contributed by atoms with E-state index in [0.29, 0.717) is 11.8 Å². The van der Waals surface area contributed by atoms with Crippen molar-refractivity contribution >= 4 is 23.7 Å². The third kappa shape index (κ3) is 2.52. The van der Waals surface area contributed by atoms with E-state index >= 15 is 0 Å². The number of urea groups is 1. The normalized spacial score (nSPS) is 18.1. The Morgan fingerprint density at radius 3 is 2.79 bits per heavy atom. The number of imidazole rings is 1. The van der Waals surface area contributed by atoms with E-state index in [-0.39, 0.29) is 12.5 Å². The molecule has 0 N–H and O–H groups in total. The first kappa shape index (κ1) is 18.0. The van der Waals surface area contributed by atoms with Gasteiger partial charge in [0.15, 0.2) is 0 Å². The SMILES string of the molecule is C=C(C)CN1C(=O)C2C(=Nc3n(-c4cccc(OC)c4)c(C)c[n+]32)N(C)C1=O. The summed E-state index contributed by atoms with van der Waals surface area (Å²) < 4.78 is 9.10. The van der Waals surface area contributed by atoms with E-state index < -0.39 is 12.1 Å². The van der Waals surface area contributed by atoms with E-state index in [1.165, 1.54) is 9.80 Å². The van der Waals surface area contributed by atoms with Gasteiger partial charge in [0, 0.05) is 13.1 Å². The average molecular weight is 380 g/mol. The Hall–Kier alpha value is -3.42. The van der Waals surface area contributed by atoms with Gasteiger partial charge >= 0.3 is 12.0 Å². The number of benzene rings is 1. The van der Waals surface area contributed by atoms with Gasteiger partial charge in [-0.3, -0.25) is 14.6 Å². The predicted molar refractivity (Wildman–Crippen MR) is 103 cm³/mol. The minimum Gasteiger partial charge on any atom is -0.497 e. The van der Waals surface area contributed by atoms with Crippen molar-refractivity contribution in [2.75, 3.05) is 20.7 Å². The van der Waals surface area contributed by atoms with E-state index in [2.05, 4.69) is 11.6 Å². The topological polar surface area (TPSA) is 71.0 Å². The van der Waals surface area contributed by atoms with Crippen LogP contribution in [-0.2, 0) is 4.79 Å². The summed E-state index contributed by atoms with van der Waals surface area (Å²) in [4.78, 5) is 33.1. The Morgan fingerprint density at radius 2 is 2.11 bits per heavy atom. The molecule has 1 aromatic heterocycles. The summed E-state index contributed by atoms with van der Waals surface area (Å²) in [5.74, 6) is 1.45. The number of imide groups is 1. The van der Waals surface area contributed by atoms with Gasteiger partial charge < -0.3 is 4.74 Å². The summed E-state index contributed by atoms with van der Waals surface area (Å²) in [6, 6.07) is 6.56. The molecule has 4 rings (SSSR count). The molecule has 1 aromatic carbocycles. The molecular weight excluding hydrogens is 358 g/mol. The number of amides is 3. The summed E-state index contributed by atoms with van der Waals surface area (Å²) in [6.45, 7) is 7.77. The van der Waals surface area contributed by atoms with E-state index in [9.17, 15) is 9.59 Å². The molecule has 28 heavy (non-hydrogen) atoms. The maximum Gasteiger partial charge on any atom is 0.406 e. The highest BCUT2D eigenvalue weighted by Crippen LogP contribution is 2.32. The molecule has 1 fully saturated rings. The largest absolute Gasteiger partial charge is 0.497 e. The summed E-state index contributed by atoms with van der Waals surface area (Å²) in [5.41, 5.74) is 2.53. The highest BCUT2D eigenvalue weighted by Gasteiger charge is 2.53. The summed E-state index contributed by atoms with van der Waals surface area (Å²) in [6.07, 6.45) is 1.89. The molecule has 0 radical (unpaired) electrons. The lowest BCUT2D eigenvalue weighted by molar-refractivity contribution is -0.676. The van der Waals surface area contributed by atoms with Crippen LogP contribution in [0, 0.1) is 6.92 Å². The zero-order valence-corrected chi connectivity index (χ0v) is 16.3. The number of nitrogens with zero attached hydrogens (tertiary/aromatic N) is 5. The highest BCUT2D eigenvalue weighted by atomic mass is 16.5. The summed E-state index contributed by atoms with van der Waals surface area (Å²) >= 11 is 0. The third-order valence-corrected chi connectivity index (χ3v) is 4.95. The molecule has 0 saturated carbocycles. The van der Waals surface area contributed by atoms with Gasteiger partial charge in [-0.15, -0.1) is 0 Å². The Balaban J connectivity index is 1.84. The number of likely N-dealkylation sites (N-methyl/N-ethyl adjacent to an activating group) is 1. The fourth-order valence-electron chi connectivity index (χ4n) is 3.67. The minimum absolute atomic E-state index is 0.192. The second kappa shape index (κ2) is 6.33. The third-order valence-electron chi connectivity index (χ3n) is 4.95. The van der Waals surface area contributed by atoms with E-state index in [1.54, 1.807) is 21.1 Å². The first-order valence-electron chi connectivity index (χ1n) is 8.93. The van der Waals surface area contributed by atoms with Gasteiger partial charge in [-0.1, -0.05) is 23.2 Å². The van der Waals surface area contributed by atoms with Crippen LogP contribution in [0.25, 0.3) is 5.69 Å². The maximum atomic E-state index is 13.1. The highest BCUT2D eigenvalue weighted by molar-refractivity contribution is 6.19. The van der Waals surface area contributed by atoms with Gasteiger partial charge in [-0.2, -0.15) is 4.57 Å². The standard InChI is InChI=1S/C20H22N5O3/c1-12(2)10-24-18(26)16-17(22(4)20(24)27)21-19-23(16)11-13(3)25(19)14-7-6-8-15(9-14)28-5/h6-9,11,16H,1,10H2,2-5H3/q+1. The minimum atomic E-state index is -0.664. The van der Waals surface area contributed by atoms with Crippen LogP contribution in [-0.4, -0.2) is 52.8 Å². The molecular formula is C20H22N5O3+. The summed E-state index contributed by atoms with van der Waals surface area (Å²) in [5, 5.41) is 0. The van der Waals surface area contributed by atoms with Crippen LogP contribution in [0.3, 0.4) is 0 Å². The van der Waals surface area contributed by atoms with Gasteiger partial charge in [-0.25, -0.2) is 9.36 Å². The monoisotopic (exact) mass is 380 g/mol. The molecule has 1 unspecified atom stereocenters. The smallest absolute Gasteiger partial charge is 0.406 e. The second-order valence-electron chi connectivity index (χ2n) is 7.11. The van der Waals surface area contributed by atoms with Gasteiger partial charge in [0.1, 0.15) is 23.3 Å². The number of aromatic nitrogens is 2. The molecule has 0 aliphatic carbocycles. The number of hydrogen-bond donors (Lipinski definition) is 0. The van der Waals surface area contributed by atoms with E-state index in [1.807, 2.05) is 46.5 Å². The van der Waals surface area contributed by atoms with Crippen LogP contribution < -0.4 is 9.30 Å². The number of ether oxygens (including phenoxy) is 1. The number of aryl methyl sites for hydroxylation is 1. The number of aliphatic imine (C=N–C) groups is 1. The zero-order valence-electron chi connectivity index (χ0n) is 16.3. The quantitative estimate of drug-likeness (QED) is 0.603. The molecule has 2 aromatic rings. The lowest BCUT2D eigenvalue weighted by Gasteiger charge is -2.33. The first-order chi connectivity index (χ1) is 13.3. The molecule has 1 saturated heterocycles. The number of rotatable bonds is 4. The van der Waals surface area contributed by atoms with Crippen molar-refractivity contribution in [1.29, 1.82) is 0 Å². The van der Waals surface area contributed by atoms with Crippen LogP contribution in [0.1, 0.15) is 18.7 Å². The number of carbonyl (C=O) groups excluding carboxylic acids is 2. The van der Waals surface area contributed by atoms with Gasteiger partial charge in [0.2, 0.25) is 11.9 Å². The van der Waals surface area contributed by atoms with Crippen LogP contribution in [0.15, 0.2) is 47.6 Å². The molecule has 2 aliphatic rings. The summed E-state index contributed by atoms with van der Waals surface area (Å²) in [7, 11) is 3.26. The lowest BCUT2D eigenvalue weighted by Crippen LogP contribution is -2.62. The fourth-order valence-corrected chi connectivity index (χ4v) is 3.67. The molecule has 3 heterocycles. The number of amidine groups is 1. The van der Waals surface area contributed by atoms with Gasteiger partial charge in [-0.05, 0) is 26.0 Å². The van der Waals surface area contributed by atoms with Gasteiger partial charge in [0.25, 0.3) is 5.91 Å². The Morgan fingerprint density at radius 1 is 1.36 bits per heavy atom. The van der Waals surface area contributed by atoms with E-state index in [0.717, 1.165) is 22.7 Å². The molecule has 2 aliphatic heterocycles. The molecule has 8 heteroatoms. The van der Waals surface area contributed by atoms with Crippen LogP contribution in [0.5, 0.6) is 5.75 Å². The van der Waals surface area contributed by atoms with Crippen molar-refractivity contribution in [2.24, 2.45) is 4.99 Å². The predicted octanol–water partition coefficient (Wildman–Crippen LogP) is 2.14. The maximum absolute atomic E-state index is 13.1. The zero-order chi connectivity index (χ0) is 20.2. The lowest BCUT2D eigenvalue weighted by atomic mass is 10.1. The van der Waals surface area contributed by atoms with Crippen LogP contribution in [0.2, 0.25) is 0 Å². The van der Waals surface area contributed by atoms with Crippen molar-refractivity contribution in [2.45, 2.75) is 19.9 Å². The van der Waals surface area contributed by atoms with Crippen molar-refractivity contribution in [3.05, 3.63) is 48.3 Å². The number of methoxy groups -OCH3 is 1. The molecule has 144 valence electrons. The second-order valence-corrected chi connectivity index (χ2v) is 7.11. The van der Waals surface area contributed by atoms with Crippen molar-refractivity contribution in [3.63, 3.8) is 0 Å². The fraction of sp³-hybridized carbons (Fsp3) is 0.300.